The molecule has 0 spiro atoms. The molecule has 1 heterocycles. The van der Waals surface area contributed by atoms with Crippen molar-refractivity contribution in [1.82, 2.24) is 4.98 Å². The summed E-state index contributed by atoms with van der Waals surface area (Å²) in [4.78, 5) is 17.2. The first-order valence-electron chi connectivity index (χ1n) is 10.8. The standard InChI is InChI=1S/C28H21FN4O/c29-20-12-13-26-25(17-20)27(14-15-30-26)32-22-9-4-6-19(16-22)28(34)33-24-11-5-10-23(18-24)31-21-7-2-1-3-8-21/h1-18,31H,(H,30,32)(H,33,34). The van der Waals surface area contributed by atoms with Crippen LogP contribution in [0.2, 0.25) is 0 Å². The molecule has 5 aromatic rings. The van der Waals surface area contributed by atoms with Gasteiger partial charge in [-0.3, -0.25) is 9.78 Å². The fourth-order valence-corrected chi connectivity index (χ4v) is 3.69. The summed E-state index contributed by atoms with van der Waals surface area (Å²) in [6, 6.07) is 30.8. The van der Waals surface area contributed by atoms with Gasteiger partial charge in [0.25, 0.3) is 5.91 Å². The number of halogens is 1. The number of pyridine rings is 1. The molecule has 3 N–H and O–H groups in total. The van der Waals surface area contributed by atoms with Gasteiger partial charge < -0.3 is 16.0 Å². The molecule has 0 fully saturated rings. The van der Waals surface area contributed by atoms with Gasteiger partial charge in [-0.2, -0.15) is 0 Å². The summed E-state index contributed by atoms with van der Waals surface area (Å²) in [6.45, 7) is 0. The van der Waals surface area contributed by atoms with Crippen LogP contribution in [0, 0.1) is 5.82 Å². The van der Waals surface area contributed by atoms with Gasteiger partial charge in [-0.15, -0.1) is 0 Å². The number of rotatable bonds is 6. The van der Waals surface area contributed by atoms with E-state index in [0.717, 1.165) is 11.4 Å². The highest BCUT2D eigenvalue weighted by atomic mass is 19.1. The molecule has 4 aromatic carbocycles. The molecule has 1 aromatic heterocycles. The second-order valence-electron chi connectivity index (χ2n) is 7.75. The number of hydrogen-bond donors (Lipinski definition) is 3. The molecule has 0 aliphatic heterocycles. The van der Waals surface area contributed by atoms with Gasteiger partial charge in [0.1, 0.15) is 5.82 Å². The SMILES string of the molecule is O=C(Nc1cccc(Nc2ccccc2)c1)c1cccc(Nc2ccnc3ccc(F)cc23)c1. The molecule has 0 unspecified atom stereocenters. The Labute approximate surface area is 196 Å². The lowest BCUT2D eigenvalue weighted by Crippen LogP contribution is -2.12. The Balaban J connectivity index is 1.33. The molecular weight excluding hydrogens is 427 g/mol. The first kappa shape index (κ1) is 21.2. The van der Waals surface area contributed by atoms with Gasteiger partial charge in [-0.05, 0) is 72.8 Å². The minimum atomic E-state index is -0.333. The van der Waals surface area contributed by atoms with Crippen LogP contribution in [0.5, 0.6) is 0 Å². The van der Waals surface area contributed by atoms with Gasteiger partial charge in [-0.25, -0.2) is 4.39 Å². The maximum Gasteiger partial charge on any atom is 0.255 e. The van der Waals surface area contributed by atoms with Crippen molar-refractivity contribution < 1.29 is 9.18 Å². The third kappa shape index (κ3) is 4.86. The van der Waals surface area contributed by atoms with Gasteiger partial charge in [0.2, 0.25) is 0 Å². The van der Waals surface area contributed by atoms with Crippen LogP contribution in [0.3, 0.4) is 0 Å². The maximum atomic E-state index is 13.8. The van der Waals surface area contributed by atoms with E-state index in [1.807, 2.05) is 60.7 Å². The molecule has 0 bridgehead atoms. The van der Waals surface area contributed by atoms with Crippen LogP contribution in [0.4, 0.5) is 32.8 Å². The third-order valence-electron chi connectivity index (χ3n) is 5.29. The fourth-order valence-electron chi connectivity index (χ4n) is 3.69. The number of nitrogens with one attached hydrogen (secondary N) is 3. The molecule has 0 aliphatic carbocycles. The minimum Gasteiger partial charge on any atom is -0.355 e. The number of para-hydroxylation sites is 1. The molecule has 6 heteroatoms. The summed E-state index contributed by atoms with van der Waals surface area (Å²) in [5.74, 6) is -0.563. The van der Waals surface area contributed by atoms with E-state index in [1.165, 1.54) is 12.1 Å². The molecule has 0 radical (unpaired) electrons. The van der Waals surface area contributed by atoms with E-state index >= 15 is 0 Å². The number of carbonyl (C=O) groups is 1. The van der Waals surface area contributed by atoms with Crippen molar-refractivity contribution in [3.63, 3.8) is 0 Å². The summed E-state index contributed by atoms with van der Waals surface area (Å²) in [7, 11) is 0. The highest BCUT2D eigenvalue weighted by Crippen LogP contribution is 2.27. The van der Waals surface area contributed by atoms with Crippen LogP contribution in [0.15, 0.2) is 109 Å². The summed E-state index contributed by atoms with van der Waals surface area (Å²) in [5.41, 5.74) is 5.12. The van der Waals surface area contributed by atoms with Crippen LogP contribution in [0.1, 0.15) is 10.4 Å². The Morgan fingerprint density at radius 2 is 1.41 bits per heavy atom. The number of anilines is 5. The first-order valence-corrected chi connectivity index (χ1v) is 10.8. The van der Waals surface area contributed by atoms with Gasteiger partial charge in [0.15, 0.2) is 0 Å². The number of amides is 1. The molecule has 0 atom stereocenters. The molecule has 5 rings (SSSR count). The van der Waals surface area contributed by atoms with Crippen LogP contribution in [0.25, 0.3) is 10.9 Å². The predicted octanol–water partition coefficient (Wildman–Crippen LogP) is 7.11. The van der Waals surface area contributed by atoms with Crippen molar-refractivity contribution in [3.8, 4) is 0 Å². The number of aromatic nitrogens is 1. The monoisotopic (exact) mass is 448 g/mol. The molecule has 0 aliphatic rings. The smallest absolute Gasteiger partial charge is 0.255 e. The Morgan fingerprint density at radius 3 is 2.26 bits per heavy atom. The highest BCUT2D eigenvalue weighted by Gasteiger charge is 2.09. The largest absolute Gasteiger partial charge is 0.355 e. The Bertz CT molecular complexity index is 1470. The fraction of sp³-hybridized carbons (Fsp3) is 0. The summed E-state index contributed by atoms with van der Waals surface area (Å²) >= 11 is 0. The molecule has 166 valence electrons. The van der Waals surface area contributed by atoms with Crippen LogP contribution in [-0.4, -0.2) is 10.9 Å². The van der Waals surface area contributed by atoms with E-state index in [2.05, 4.69) is 20.9 Å². The quantitative estimate of drug-likeness (QED) is 0.259. The number of benzene rings is 4. The van der Waals surface area contributed by atoms with E-state index < -0.39 is 0 Å². The van der Waals surface area contributed by atoms with Gasteiger partial charge in [0.05, 0.1) is 5.52 Å². The van der Waals surface area contributed by atoms with E-state index in [-0.39, 0.29) is 11.7 Å². The number of hydrogen-bond acceptors (Lipinski definition) is 4. The summed E-state index contributed by atoms with van der Waals surface area (Å²) in [6.07, 6.45) is 1.66. The van der Waals surface area contributed by atoms with Crippen LogP contribution in [-0.2, 0) is 0 Å². The van der Waals surface area contributed by atoms with E-state index in [1.54, 1.807) is 36.5 Å². The molecule has 0 saturated heterocycles. The topological polar surface area (TPSA) is 66.1 Å². The molecule has 34 heavy (non-hydrogen) atoms. The van der Waals surface area contributed by atoms with Gasteiger partial charge in [-0.1, -0.05) is 30.3 Å². The average Bonchev–Trinajstić information content (AvgIpc) is 2.85. The van der Waals surface area contributed by atoms with Crippen molar-refractivity contribution in [2.75, 3.05) is 16.0 Å². The molecule has 1 amide bonds. The van der Waals surface area contributed by atoms with Gasteiger partial charge in [0, 0.05) is 45.6 Å². The zero-order chi connectivity index (χ0) is 23.3. The highest BCUT2D eigenvalue weighted by molar-refractivity contribution is 6.05. The molecule has 0 saturated carbocycles. The van der Waals surface area contributed by atoms with E-state index in [9.17, 15) is 9.18 Å². The lowest BCUT2D eigenvalue weighted by Gasteiger charge is -2.12. The van der Waals surface area contributed by atoms with Crippen molar-refractivity contribution in [3.05, 3.63) is 121 Å². The summed E-state index contributed by atoms with van der Waals surface area (Å²) < 4.78 is 13.8. The Hall–Kier alpha value is -4.71. The maximum absolute atomic E-state index is 13.8. The Kier molecular flexibility index (Phi) is 5.86. The number of nitrogens with zero attached hydrogens (tertiary/aromatic N) is 1. The second-order valence-corrected chi connectivity index (χ2v) is 7.75. The number of fused-ring (bicyclic) bond motifs is 1. The van der Waals surface area contributed by atoms with Crippen molar-refractivity contribution in [1.29, 1.82) is 0 Å². The molecular formula is C28H21FN4O. The zero-order valence-corrected chi connectivity index (χ0v) is 18.1. The van der Waals surface area contributed by atoms with Crippen LogP contribution < -0.4 is 16.0 Å². The van der Waals surface area contributed by atoms with E-state index in [0.29, 0.717) is 33.5 Å². The minimum absolute atomic E-state index is 0.230. The molecule has 5 nitrogen and oxygen atoms in total. The first-order chi connectivity index (χ1) is 16.6. The average molecular weight is 449 g/mol. The lowest BCUT2D eigenvalue weighted by molar-refractivity contribution is 0.102. The normalized spacial score (nSPS) is 10.6. The number of carbonyl (C=O) groups excluding carboxylic acids is 1. The van der Waals surface area contributed by atoms with Crippen molar-refractivity contribution >= 4 is 45.2 Å². The Morgan fingerprint density at radius 1 is 0.676 bits per heavy atom. The second kappa shape index (κ2) is 9.42. The van der Waals surface area contributed by atoms with Crippen molar-refractivity contribution in [2.24, 2.45) is 0 Å². The van der Waals surface area contributed by atoms with Crippen LogP contribution >= 0.6 is 0 Å². The lowest BCUT2D eigenvalue weighted by atomic mass is 10.1. The zero-order valence-electron chi connectivity index (χ0n) is 18.1. The predicted molar refractivity (Wildman–Crippen MR) is 136 cm³/mol. The van der Waals surface area contributed by atoms with Gasteiger partial charge >= 0.3 is 0 Å². The van der Waals surface area contributed by atoms with E-state index in [4.69, 9.17) is 0 Å². The van der Waals surface area contributed by atoms with Crippen molar-refractivity contribution in [2.45, 2.75) is 0 Å². The summed E-state index contributed by atoms with van der Waals surface area (Å²) in [5, 5.41) is 10.2. The third-order valence-corrected chi connectivity index (χ3v) is 5.29.